The Kier molecular flexibility index (Phi) is 11.9. The highest BCUT2D eigenvalue weighted by Gasteiger charge is 2.48. The monoisotopic (exact) mass is 803 g/mol. The number of para-hydroxylation sites is 1. The maximum Gasteiger partial charge on any atom is 0.355 e. The van der Waals surface area contributed by atoms with Crippen molar-refractivity contribution in [2.24, 2.45) is 0 Å². The molecule has 3 saturated heterocycles. The van der Waals surface area contributed by atoms with Crippen LogP contribution in [-0.2, 0) is 23.7 Å². The number of alkyl halides is 1. The lowest BCUT2D eigenvalue weighted by atomic mass is 9.89. The summed E-state index contributed by atoms with van der Waals surface area (Å²) in [5, 5.41) is 6.06. The third-order valence-corrected chi connectivity index (χ3v) is 14.1. The number of hydrogen-bond donors (Lipinski definition) is 2. The van der Waals surface area contributed by atoms with Gasteiger partial charge in [-0.2, -0.15) is 0 Å². The van der Waals surface area contributed by atoms with Crippen molar-refractivity contribution in [2.75, 3.05) is 19.7 Å². The first kappa shape index (κ1) is 39.6. The summed E-state index contributed by atoms with van der Waals surface area (Å²) in [6.45, 7) is 6.67. The number of hydrogen-bond acceptors (Lipinski definition) is 9. The van der Waals surface area contributed by atoms with E-state index in [0.29, 0.717) is 47.3 Å². The molecule has 3 fully saturated rings. The van der Waals surface area contributed by atoms with Crippen LogP contribution < -0.4 is 14.9 Å². The second kappa shape index (κ2) is 16.8. The van der Waals surface area contributed by atoms with Gasteiger partial charge in [0.1, 0.15) is 23.9 Å². The van der Waals surface area contributed by atoms with Gasteiger partial charge in [0.05, 0.1) is 11.5 Å². The van der Waals surface area contributed by atoms with Crippen molar-refractivity contribution in [3.05, 3.63) is 94.6 Å². The number of fused-ring (bicyclic) bond motifs is 2. The van der Waals surface area contributed by atoms with Gasteiger partial charge in [-0.1, -0.05) is 31.2 Å². The molecular weight excluding hydrogens is 757 g/mol. The van der Waals surface area contributed by atoms with Crippen molar-refractivity contribution in [3.63, 3.8) is 0 Å². The minimum Gasteiger partial charge on any atom is -0.465 e. The lowest BCUT2D eigenvalue weighted by Gasteiger charge is -2.43. The maximum absolute atomic E-state index is 16.5. The number of pyridine rings is 1. The number of thiophene rings is 1. The highest BCUT2D eigenvalue weighted by Crippen LogP contribution is 2.58. The number of nitrogens with one attached hydrogen (secondary N) is 2. The molecule has 12 nitrogen and oxygen atoms in total. The van der Waals surface area contributed by atoms with E-state index in [0.717, 1.165) is 30.4 Å². The summed E-state index contributed by atoms with van der Waals surface area (Å²) >= 11 is 1.19. The van der Waals surface area contributed by atoms with Crippen LogP contribution in [-0.4, -0.2) is 82.3 Å². The second-order valence-electron chi connectivity index (χ2n) is 14.9. The molecule has 0 unspecified atom stereocenters. The predicted octanol–water partition coefficient (Wildman–Crippen LogP) is 7.04. The number of halogens is 1. The van der Waals surface area contributed by atoms with Crippen LogP contribution in [0.25, 0.3) is 10.1 Å². The van der Waals surface area contributed by atoms with Crippen molar-refractivity contribution in [2.45, 2.75) is 95.3 Å². The van der Waals surface area contributed by atoms with E-state index in [2.05, 4.69) is 15.4 Å². The topological polar surface area (TPSA) is 147 Å². The summed E-state index contributed by atoms with van der Waals surface area (Å²) in [6, 6.07) is 13.8. The van der Waals surface area contributed by atoms with Gasteiger partial charge in [0, 0.05) is 42.1 Å². The number of nitrogens with zero attached hydrogens (tertiary/aromatic N) is 3. The van der Waals surface area contributed by atoms with Crippen LogP contribution in [0.3, 0.4) is 0 Å². The second-order valence-corrected chi connectivity index (χ2v) is 18.1. The number of ether oxygens (including phenoxy) is 1. The first-order chi connectivity index (χ1) is 27.0. The molecule has 0 saturated carbocycles. The summed E-state index contributed by atoms with van der Waals surface area (Å²) in [5.74, 6) is -3.22. The van der Waals surface area contributed by atoms with Crippen molar-refractivity contribution in [3.8, 4) is 5.75 Å². The highest BCUT2D eigenvalue weighted by atomic mass is 32.1. The maximum atomic E-state index is 16.5. The summed E-state index contributed by atoms with van der Waals surface area (Å²) in [5.41, 5.74) is 2.32. The lowest BCUT2D eigenvalue weighted by Crippen LogP contribution is -2.58. The van der Waals surface area contributed by atoms with Crippen LogP contribution in [0.4, 0.5) is 4.39 Å². The number of esters is 1. The molecule has 2 aromatic carbocycles. The Labute approximate surface area is 329 Å². The Morgan fingerprint density at radius 3 is 2.59 bits per heavy atom. The Balaban J connectivity index is 1.04. The normalized spacial score (nSPS) is 22.0. The zero-order valence-electron chi connectivity index (χ0n) is 31.7. The van der Waals surface area contributed by atoms with E-state index in [1.165, 1.54) is 30.4 Å². The highest BCUT2D eigenvalue weighted by molar-refractivity contribution is 7.57. The number of carbonyl (C=O) groups is 4. The predicted molar refractivity (Wildman–Crippen MR) is 211 cm³/mol. The molecule has 0 aliphatic carbocycles. The van der Waals surface area contributed by atoms with Crippen LogP contribution >= 0.6 is 18.9 Å². The fourth-order valence-electron chi connectivity index (χ4n) is 7.88. The van der Waals surface area contributed by atoms with E-state index in [9.17, 15) is 23.7 Å². The van der Waals surface area contributed by atoms with E-state index < -0.39 is 43.4 Å². The number of aryl methyl sites for hydroxylation is 1. The average molecular weight is 804 g/mol. The lowest BCUT2D eigenvalue weighted by molar-refractivity contribution is -0.148. The van der Waals surface area contributed by atoms with Gasteiger partial charge in [-0.25, -0.2) is 9.48 Å². The molecule has 0 bridgehead atoms. The Morgan fingerprint density at radius 2 is 1.84 bits per heavy atom. The van der Waals surface area contributed by atoms with Gasteiger partial charge in [-0.3, -0.25) is 28.7 Å². The van der Waals surface area contributed by atoms with Crippen molar-refractivity contribution in [1.29, 1.82) is 0 Å². The third kappa shape index (κ3) is 8.24. The minimum absolute atomic E-state index is 0.0296. The molecule has 0 spiro atoms. The molecule has 7 rings (SSSR count). The number of likely N-dealkylation sites (tertiary alicyclic amines) is 1. The van der Waals surface area contributed by atoms with Crippen molar-refractivity contribution < 1.29 is 37.4 Å². The minimum atomic E-state index is -4.43. The fourth-order valence-corrected chi connectivity index (χ4v) is 10.7. The average Bonchev–Trinajstić information content (AvgIpc) is 3.77. The zero-order chi connectivity index (χ0) is 39.6. The van der Waals surface area contributed by atoms with Gasteiger partial charge in [0.2, 0.25) is 17.7 Å². The van der Waals surface area contributed by atoms with Crippen LogP contribution in [0.15, 0.2) is 73.1 Å². The van der Waals surface area contributed by atoms with Crippen LogP contribution in [0, 0.1) is 6.92 Å². The molecule has 0 radical (unpaired) electrons. The summed E-state index contributed by atoms with van der Waals surface area (Å²) < 4.78 is 42.3. The van der Waals surface area contributed by atoms with Crippen LogP contribution in [0.2, 0.25) is 0 Å². The van der Waals surface area contributed by atoms with Crippen molar-refractivity contribution in [1.82, 2.24) is 25.2 Å². The van der Waals surface area contributed by atoms with Gasteiger partial charge in [0.15, 0.2) is 0 Å². The number of benzene rings is 2. The Morgan fingerprint density at radius 1 is 1.05 bits per heavy atom. The summed E-state index contributed by atoms with van der Waals surface area (Å²) in [4.78, 5) is 62.2. The molecule has 3 aliphatic heterocycles. The fraction of sp³-hybridized carbons (Fsp3) is 0.439. The molecule has 56 heavy (non-hydrogen) atoms. The zero-order valence-corrected chi connectivity index (χ0v) is 33.4. The molecule has 3 aliphatic rings. The molecule has 15 heteroatoms. The number of aromatic nitrogens is 1. The largest absolute Gasteiger partial charge is 0.465 e. The van der Waals surface area contributed by atoms with E-state index >= 15 is 4.39 Å². The number of carbonyl (C=O) groups excluding carboxylic acids is 4. The van der Waals surface area contributed by atoms with Gasteiger partial charge < -0.3 is 24.4 Å². The van der Waals surface area contributed by atoms with Gasteiger partial charge in [0.25, 0.3) is 5.91 Å². The smallest absolute Gasteiger partial charge is 0.355 e. The van der Waals surface area contributed by atoms with Crippen molar-refractivity contribution >= 4 is 52.6 Å². The Bertz CT molecular complexity index is 2150. The van der Waals surface area contributed by atoms with E-state index in [4.69, 9.17) is 9.26 Å². The summed E-state index contributed by atoms with van der Waals surface area (Å²) in [6.07, 6.45) is 7.51. The Hall–Kier alpha value is -4.65. The van der Waals surface area contributed by atoms with Gasteiger partial charge in [-0.05, 0) is 111 Å². The van der Waals surface area contributed by atoms with E-state index in [1.54, 1.807) is 53.6 Å². The molecule has 5 heterocycles. The standard InChI is InChI=1S/C41H47FN5O7PS/c1-4-19-53-41(51)26(3)45-55(52,54-31-10-6-5-7-11-31)37(42)27-13-16-35-28(20-27)21-36(56-35)38(48)44-33-12-8-9-30-14-15-34(47(30)39(33)49)40(50)46-23-29(24-46)32-22-43-18-17-25(32)2/h5-7,10-11,13,16-18,20-22,26,29-30,33-34,37H,4,8-9,12,14-15,19,23-24H2,1-3H3,(H,44,48)(H,45,52)/t26-,30-,33-,34-,37+,55-/m0/s1. The van der Waals surface area contributed by atoms with Gasteiger partial charge in [-0.15, -0.1) is 11.3 Å². The van der Waals surface area contributed by atoms with E-state index in [-0.39, 0.29) is 41.7 Å². The van der Waals surface area contributed by atoms with Gasteiger partial charge >= 0.3 is 13.5 Å². The molecule has 6 atom stereocenters. The quantitative estimate of drug-likeness (QED) is 0.107. The van der Waals surface area contributed by atoms with Crippen LogP contribution in [0.1, 0.15) is 90.6 Å². The summed E-state index contributed by atoms with van der Waals surface area (Å²) in [7, 11) is -4.43. The van der Waals surface area contributed by atoms with Crippen LogP contribution in [0.5, 0.6) is 5.75 Å². The number of amides is 3. The molecule has 2 N–H and O–H groups in total. The molecule has 2 aromatic heterocycles. The molecule has 3 amide bonds. The molecular formula is C41H47FN5O7PS. The molecule has 4 aromatic rings. The SMILES string of the molecule is CCCOC(=O)[C@H](C)N[P@@](=O)(Oc1ccccc1)[C@@H](F)c1ccc2sc(C(=O)N[C@H]3CCC[C@H]4CC[C@@H](C(=O)N5CC(c6cnccc6C)C5)N4C3=O)cc2c1. The molecule has 296 valence electrons. The third-order valence-electron chi connectivity index (χ3n) is 10.9. The first-order valence-electron chi connectivity index (χ1n) is 19.2. The first-order valence-corrected chi connectivity index (χ1v) is 21.8. The number of rotatable bonds is 13. The van der Waals surface area contributed by atoms with E-state index in [1.807, 2.05) is 31.0 Å².